The van der Waals surface area contributed by atoms with Gasteiger partial charge in [0.2, 0.25) is 0 Å². The van der Waals surface area contributed by atoms with Gasteiger partial charge in [-0.15, -0.1) is 3.63 Å². The lowest BCUT2D eigenvalue weighted by molar-refractivity contribution is 0.379. The Morgan fingerprint density at radius 1 is 1.33 bits per heavy atom. The third kappa shape index (κ3) is 4.00. The Morgan fingerprint density at radius 3 is 2.00 bits per heavy atom. The SMILES string of the molecule is CCC(C)S(=O)(=O)OS(=O)(=O)O. The van der Waals surface area contributed by atoms with Crippen molar-refractivity contribution < 1.29 is 25.0 Å². The van der Waals surface area contributed by atoms with Crippen molar-refractivity contribution in [2.75, 3.05) is 0 Å². The molecule has 6 nitrogen and oxygen atoms in total. The summed E-state index contributed by atoms with van der Waals surface area (Å²) in [6.07, 6.45) is 0.206. The molecule has 1 atom stereocenters. The first-order valence-corrected chi connectivity index (χ1v) is 5.95. The van der Waals surface area contributed by atoms with Gasteiger partial charge in [0, 0.05) is 0 Å². The Labute approximate surface area is 71.6 Å². The topological polar surface area (TPSA) is 97.7 Å². The van der Waals surface area contributed by atoms with Crippen LogP contribution in [0.25, 0.3) is 0 Å². The fraction of sp³-hybridized carbons (Fsp3) is 1.00. The molecule has 0 aromatic heterocycles. The summed E-state index contributed by atoms with van der Waals surface area (Å²) in [6.45, 7) is 2.83. The van der Waals surface area contributed by atoms with E-state index in [1.54, 1.807) is 6.92 Å². The van der Waals surface area contributed by atoms with Crippen LogP contribution in [0.15, 0.2) is 0 Å². The van der Waals surface area contributed by atoms with Gasteiger partial charge >= 0.3 is 10.4 Å². The van der Waals surface area contributed by atoms with E-state index in [2.05, 4.69) is 3.63 Å². The van der Waals surface area contributed by atoms with E-state index in [4.69, 9.17) is 4.55 Å². The fourth-order valence-electron chi connectivity index (χ4n) is 0.391. The van der Waals surface area contributed by atoms with Gasteiger partial charge < -0.3 is 0 Å². The van der Waals surface area contributed by atoms with Crippen LogP contribution in [0.5, 0.6) is 0 Å². The second-order valence-corrected chi connectivity index (χ2v) is 5.40. The monoisotopic (exact) mass is 218 g/mol. The highest BCUT2D eigenvalue weighted by Crippen LogP contribution is 2.09. The molecule has 0 bridgehead atoms. The van der Waals surface area contributed by atoms with Crippen LogP contribution in [0.4, 0.5) is 0 Å². The molecular weight excluding hydrogens is 208 g/mol. The van der Waals surface area contributed by atoms with Crippen molar-refractivity contribution in [3.8, 4) is 0 Å². The van der Waals surface area contributed by atoms with E-state index in [9.17, 15) is 16.8 Å². The van der Waals surface area contributed by atoms with Gasteiger partial charge in [0.25, 0.3) is 10.1 Å². The molecule has 0 amide bonds. The van der Waals surface area contributed by atoms with Crippen molar-refractivity contribution >= 4 is 20.5 Å². The maximum Gasteiger partial charge on any atom is 0.412 e. The molecule has 0 aliphatic rings. The first-order valence-electron chi connectivity index (χ1n) is 3.11. The molecule has 0 saturated heterocycles. The highest BCUT2D eigenvalue weighted by Gasteiger charge is 2.26. The highest BCUT2D eigenvalue weighted by molar-refractivity contribution is 7.97. The lowest BCUT2D eigenvalue weighted by Crippen LogP contribution is -2.22. The molecule has 0 fully saturated rings. The predicted octanol–water partition coefficient (Wildman–Crippen LogP) is -0.0659. The van der Waals surface area contributed by atoms with Crippen LogP contribution >= 0.6 is 0 Å². The molecule has 0 spiro atoms. The summed E-state index contributed by atoms with van der Waals surface area (Å²) < 4.78 is 53.2. The van der Waals surface area contributed by atoms with E-state index in [0.717, 1.165) is 0 Å². The van der Waals surface area contributed by atoms with Crippen molar-refractivity contribution in [1.82, 2.24) is 0 Å². The third-order valence-corrected chi connectivity index (χ3v) is 4.01. The molecular formula is C4H10O6S2. The fourth-order valence-corrected chi connectivity index (χ4v) is 2.29. The first kappa shape index (κ1) is 11.8. The molecule has 8 heteroatoms. The zero-order valence-corrected chi connectivity index (χ0v) is 8.22. The van der Waals surface area contributed by atoms with Crippen molar-refractivity contribution in [3.05, 3.63) is 0 Å². The Morgan fingerprint density at radius 2 is 1.75 bits per heavy atom. The summed E-state index contributed by atoms with van der Waals surface area (Å²) in [5, 5.41) is -0.959. The lowest BCUT2D eigenvalue weighted by Gasteiger charge is -2.06. The second kappa shape index (κ2) is 3.69. The van der Waals surface area contributed by atoms with Crippen molar-refractivity contribution in [2.24, 2.45) is 0 Å². The van der Waals surface area contributed by atoms with Crippen LogP contribution in [-0.4, -0.2) is 26.6 Å². The molecule has 0 rings (SSSR count). The van der Waals surface area contributed by atoms with Gasteiger partial charge in [0.05, 0.1) is 5.25 Å². The standard InChI is InChI=1S/C4H10O6S2/c1-3-4(2)11(5,6)10-12(7,8)9/h4H,3H2,1-2H3,(H,7,8,9). The molecule has 0 heterocycles. The first-order chi connectivity index (χ1) is 5.19. The third-order valence-electron chi connectivity index (χ3n) is 1.25. The smallest absolute Gasteiger partial charge is 0.263 e. The average Bonchev–Trinajstić information content (AvgIpc) is 1.80. The minimum atomic E-state index is -4.92. The molecule has 0 aliphatic heterocycles. The van der Waals surface area contributed by atoms with Crippen molar-refractivity contribution in [2.45, 2.75) is 25.5 Å². The van der Waals surface area contributed by atoms with E-state index in [1.807, 2.05) is 0 Å². The Balaban J connectivity index is 4.69. The zero-order valence-electron chi connectivity index (χ0n) is 6.59. The summed E-state index contributed by atoms with van der Waals surface area (Å²) in [4.78, 5) is 0. The van der Waals surface area contributed by atoms with Gasteiger partial charge in [-0.25, -0.2) is 0 Å². The predicted molar refractivity (Wildman–Crippen MR) is 41.3 cm³/mol. The van der Waals surface area contributed by atoms with Gasteiger partial charge in [-0.3, -0.25) is 4.55 Å². The molecule has 0 aromatic rings. The maximum atomic E-state index is 10.8. The number of rotatable bonds is 4. The summed E-state index contributed by atoms with van der Waals surface area (Å²) in [5.41, 5.74) is 0. The van der Waals surface area contributed by atoms with Crippen LogP contribution in [0.2, 0.25) is 0 Å². The quantitative estimate of drug-likeness (QED) is 0.663. The highest BCUT2D eigenvalue weighted by atomic mass is 32.3. The largest absolute Gasteiger partial charge is 0.412 e. The van der Waals surface area contributed by atoms with Crippen LogP contribution in [0.1, 0.15) is 20.3 Å². The van der Waals surface area contributed by atoms with Crippen LogP contribution in [0.3, 0.4) is 0 Å². The normalized spacial score (nSPS) is 15.9. The molecule has 74 valence electrons. The molecule has 0 radical (unpaired) electrons. The summed E-state index contributed by atoms with van der Waals surface area (Å²) in [6, 6.07) is 0. The van der Waals surface area contributed by atoms with Gasteiger partial charge in [0.1, 0.15) is 0 Å². The van der Waals surface area contributed by atoms with E-state index in [1.165, 1.54) is 6.92 Å². The maximum absolute atomic E-state index is 10.8. The molecule has 12 heavy (non-hydrogen) atoms. The Bertz CT molecular complexity index is 325. The molecule has 0 saturated carbocycles. The molecule has 0 aliphatic carbocycles. The number of hydrogen-bond donors (Lipinski definition) is 1. The van der Waals surface area contributed by atoms with Gasteiger partial charge in [-0.05, 0) is 13.3 Å². The van der Waals surface area contributed by atoms with Gasteiger partial charge in [0.15, 0.2) is 0 Å². The molecule has 1 N–H and O–H groups in total. The van der Waals surface area contributed by atoms with Gasteiger partial charge in [-0.2, -0.15) is 16.8 Å². The van der Waals surface area contributed by atoms with E-state index in [-0.39, 0.29) is 6.42 Å². The molecule has 0 aromatic carbocycles. The van der Waals surface area contributed by atoms with E-state index >= 15 is 0 Å². The summed E-state index contributed by atoms with van der Waals surface area (Å²) >= 11 is 0. The lowest BCUT2D eigenvalue weighted by atomic mass is 10.4. The zero-order chi connectivity index (χ0) is 9.99. The minimum absolute atomic E-state index is 0.206. The number of hydrogen-bond acceptors (Lipinski definition) is 5. The summed E-state index contributed by atoms with van der Waals surface area (Å²) in [5.74, 6) is 0. The van der Waals surface area contributed by atoms with Crippen LogP contribution in [-0.2, 0) is 24.1 Å². The minimum Gasteiger partial charge on any atom is -0.263 e. The summed E-state index contributed by atoms with van der Waals surface area (Å²) in [7, 11) is -9.13. The van der Waals surface area contributed by atoms with Crippen LogP contribution in [0, 0.1) is 0 Å². The molecule has 1 unspecified atom stereocenters. The Kier molecular flexibility index (Phi) is 3.63. The van der Waals surface area contributed by atoms with Crippen molar-refractivity contribution in [3.63, 3.8) is 0 Å². The second-order valence-electron chi connectivity index (χ2n) is 2.21. The average molecular weight is 218 g/mol. The van der Waals surface area contributed by atoms with E-state index < -0.39 is 25.8 Å². The van der Waals surface area contributed by atoms with E-state index in [0.29, 0.717) is 0 Å². The van der Waals surface area contributed by atoms with Crippen molar-refractivity contribution in [1.29, 1.82) is 0 Å². The Hall–Kier alpha value is -0.180. The van der Waals surface area contributed by atoms with Crippen LogP contribution < -0.4 is 0 Å². The van der Waals surface area contributed by atoms with Gasteiger partial charge in [-0.1, -0.05) is 6.92 Å².